The summed E-state index contributed by atoms with van der Waals surface area (Å²) in [6.45, 7) is 0. The van der Waals surface area contributed by atoms with Crippen LogP contribution in [0.1, 0.15) is 0 Å². The quantitative estimate of drug-likeness (QED) is 0.271. The summed E-state index contributed by atoms with van der Waals surface area (Å²) in [5.74, 6) is 0.787. The van der Waals surface area contributed by atoms with E-state index in [2.05, 4.69) is 106 Å². The van der Waals surface area contributed by atoms with E-state index in [1.54, 1.807) is 18.6 Å². The first-order chi connectivity index (χ1) is 17.4. The first-order valence-corrected chi connectivity index (χ1v) is 11.8. The van der Waals surface area contributed by atoms with Gasteiger partial charge in [0.1, 0.15) is 0 Å². The molecule has 0 saturated heterocycles. The number of benzene rings is 5. The molecule has 3 nitrogen and oxygen atoms in total. The summed E-state index contributed by atoms with van der Waals surface area (Å²) < 4.78 is 0. The van der Waals surface area contributed by atoms with E-state index in [1.165, 1.54) is 44.2 Å². The van der Waals surface area contributed by atoms with Crippen LogP contribution in [0.15, 0.2) is 128 Å². The Balaban J connectivity index is 1.34. The largest absolute Gasteiger partial charge is 0.294 e. The summed E-state index contributed by atoms with van der Waals surface area (Å²) in [4.78, 5) is 11.0. The Morgan fingerprint density at radius 3 is 1.89 bits per heavy atom. The van der Waals surface area contributed by atoms with Crippen LogP contribution in [0.25, 0.3) is 44.2 Å². The first-order valence-electron chi connectivity index (χ1n) is 11.8. The Morgan fingerprint density at radius 1 is 0.486 bits per heavy atom. The van der Waals surface area contributed by atoms with Crippen molar-refractivity contribution in [3.63, 3.8) is 0 Å². The zero-order valence-electron chi connectivity index (χ0n) is 19.0. The van der Waals surface area contributed by atoms with Crippen molar-refractivity contribution < 1.29 is 0 Å². The number of para-hydroxylation sites is 1. The number of anilines is 3. The molecule has 1 aliphatic carbocycles. The van der Waals surface area contributed by atoms with Crippen molar-refractivity contribution in [2.45, 2.75) is 0 Å². The molecule has 0 aliphatic heterocycles. The molecule has 0 unspecified atom stereocenters. The van der Waals surface area contributed by atoms with Crippen LogP contribution in [0.4, 0.5) is 17.2 Å². The lowest BCUT2D eigenvalue weighted by Gasteiger charge is -2.24. The van der Waals surface area contributed by atoms with Crippen molar-refractivity contribution in [1.29, 1.82) is 0 Å². The number of aromatic nitrogens is 2. The fourth-order valence-corrected chi connectivity index (χ4v) is 5.25. The minimum Gasteiger partial charge on any atom is -0.294 e. The summed E-state index contributed by atoms with van der Waals surface area (Å²) in [7, 11) is 0. The molecule has 0 fully saturated rings. The van der Waals surface area contributed by atoms with Crippen LogP contribution in [0, 0.1) is 0 Å². The summed E-state index contributed by atoms with van der Waals surface area (Å²) in [6, 6.07) is 38.9. The average Bonchev–Trinajstić information content (AvgIpc) is 3.26. The molecule has 35 heavy (non-hydrogen) atoms. The summed E-state index contributed by atoms with van der Waals surface area (Å²) in [5, 5.41) is 2.64. The predicted molar refractivity (Wildman–Crippen MR) is 144 cm³/mol. The van der Waals surface area contributed by atoms with Gasteiger partial charge in [-0.15, -0.1) is 0 Å². The van der Waals surface area contributed by atoms with Crippen LogP contribution < -0.4 is 4.90 Å². The number of rotatable bonds is 4. The minimum atomic E-state index is 0.787. The molecular formula is C32H21N3. The maximum Gasteiger partial charge on any atom is 0.156 e. The molecule has 6 aromatic rings. The van der Waals surface area contributed by atoms with E-state index in [9.17, 15) is 0 Å². The van der Waals surface area contributed by atoms with E-state index in [0.29, 0.717) is 0 Å². The topological polar surface area (TPSA) is 29.0 Å². The van der Waals surface area contributed by atoms with Gasteiger partial charge in [0.25, 0.3) is 0 Å². The number of nitrogens with zero attached hydrogens (tertiary/aromatic N) is 3. The van der Waals surface area contributed by atoms with Gasteiger partial charge in [-0.2, -0.15) is 0 Å². The lowest BCUT2D eigenvalue weighted by Crippen LogP contribution is -2.11. The Bertz CT molecular complexity index is 1610. The van der Waals surface area contributed by atoms with Gasteiger partial charge in [0.15, 0.2) is 5.82 Å². The third kappa shape index (κ3) is 3.13. The molecule has 7 rings (SSSR count). The van der Waals surface area contributed by atoms with Crippen LogP contribution >= 0.6 is 0 Å². The molecule has 0 spiro atoms. The van der Waals surface area contributed by atoms with Crippen molar-refractivity contribution in [3.05, 3.63) is 128 Å². The highest BCUT2D eigenvalue weighted by molar-refractivity contribution is 6.18. The SMILES string of the molecule is c1ccc(N(c2ccc(-c3ccc4c5c(cccc35)-c3ccccc3-4)cc2)c2cnccn2)cc1. The summed E-state index contributed by atoms with van der Waals surface area (Å²) >= 11 is 0. The highest BCUT2D eigenvalue weighted by Gasteiger charge is 2.22. The highest BCUT2D eigenvalue weighted by atomic mass is 15.2. The third-order valence-corrected chi connectivity index (χ3v) is 6.78. The van der Waals surface area contributed by atoms with Crippen LogP contribution in [0.5, 0.6) is 0 Å². The van der Waals surface area contributed by atoms with Crippen molar-refractivity contribution in [1.82, 2.24) is 9.97 Å². The monoisotopic (exact) mass is 447 g/mol. The van der Waals surface area contributed by atoms with Gasteiger partial charge in [0.05, 0.1) is 6.20 Å². The minimum absolute atomic E-state index is 0.787. The fraction of sp³-hybridized carbons (Fsp3) is 0. The van der Waals surface area contributed by atoms with E-state index in [0.717, 1.165) is 17.2 Å². The fourth-order valence-electron chi connectivity index (χ4n) is 5.25. The molecule has 164 valence electrons. The second-order valence-electron chi connectivity index (χ2n) is 8.72. The highest BCUT2D eigenvalue weighted by Crippen LogP contribution is 2.49. The van der Waals surface area contributed by atoms with Gasteiger partial charge >= 0.3 is 0 Å². The smallest absolute Gasteiger partial charge is 0.156 e. The van der Waals surface area contributed by atoms with Gasteiger partial charge in [-0.3, -0.25) is 9.88 Å². The van der Waals surface area contributed by atoms with Gasteiger partial charge in [-0.25, -0.2) is 4.98 Å². The van der Waals surface area contributed by atoms with Crippen LogP contribution in [0.3, 0.4) is 0 Å². The first kappa shape index (κ1) is 19.7. The molecule has 1 aliphatic rings. The Morgan fingerprint density at radius 2 is 1.14 bits per heavy atom. The Kier molecular flexibility index (Phi) is 4.46. The average molecular weight is 448 g/mol. The van der Waals surface area contributed by atoms with Gasteiger partial charge in [0, 0.05) is 23.8 Å². The molecule has 0 amide bonds. The van der Waals surface area contributed by atoms with E-state index in [-0.39, 0.29) is 0 Å². The van der Waals surface area contributed by atoms with Gasteiger partial charge < -0.3 is 0 Å². The summed E-state index contributed by atoms with van der Waals surface area (Å²) in [6.07, 6.45) is 5.22. The van der Waals surface area contributed by atoms with Gasteiger partial charge in [-0.1, -0.05) is 84.9 Å². The molecule has 0 radical (unpaired) electrons. The zero-order chi connectivity index (χ0) is 23.2. The van der Waals surface area contributed by atoms with E-state index < -0.39 is 0 Å². The van der Waals surface area contributed by atoms with Crippen molar-refractivity contribution in [2.24, 2.45) is 0 Å². The van der Waals surface area contributed by atoms with Crippen molar-refractivity contribution in [2.75, 3.05) is 4.90 Å². The van der Waals surface area contributed by atoms with Crippen molar-refractivity contribution >= 4 is 28.0 Å². The summed E-state index contributed by atoms with van der Waals surface area (Å²) in [5.41, 5.74) is 9.82. The van der Waals surface area contributed by atoms with E-state index in [1.807, 2.05) is 18.2 Å². The number of hydrogen-bond donors (Lipinski definition) is 0. The second-order valence-corrected chi connectivity index (χ2v) is 8.72. The number of hydrogen-bond acceptors (Lipinski definition) is 3. The molecule has 0 saturated carbocycles. The normalized spacial score (nSPS) is 11.4. The molecule has 1 aromatic heterocycles. The van der Waals surface area contributed by atoms with E-state index in [4.69, 9.17) is 0 Å². The van der Waals surface area contributed by atoms with Crippen molar-refractivity contribution in [3.8, 4) is 33.4 Å². The lowest BCUT2D eigenvalue weighted by molar-refractivity contribution is 1.12. The standard InChI is InChI=1S/C32H21N3/c1-2-7-23(8-3-1)35(31-21-33-19-20-34-31)24-15-13-22(14-16-24)25-17-18-30-27-10-5-4-9-26(27)29-12-6-11-28(25)32(29)30/h1-21H. The molecule has 5 aromatic carbocycles. The Hall–Kier alpha value is -4.76. The van der Waals surface area contributed by atoms with Crippen LogP contribution in [-0.2, 0) is 0 Å². The molecule has 0 bridgehead atoms. The molecular weight excluding hydrogens is 426 g/mol. The molecule has 0 N–H and O–H groups in total. The van der Waals surface area contributed by atoms with Gasteiger partial charge in [-0.05, 0) is 68.4 Å². The van der Waals surface area contributed by atoms with Crippen LogP contribution in [0.2, 0.25) is 0 Å². The second kappa shape index (κ2) is 7.93. The van der Waals surface area contributed by atoms with E-state index >= 15 is 0 Å². The lowest BCUT2D eigenvalue weighted by atomic mass is 9.94. The maximum atomic E-state index is 4.56. The zero-order valence-corrected chi connectivity index (χ0v) is 19.0. The number of fused-ring (bicyclic) bond motifs is 3. The maximum absolute atomic E-state index is 4.56. The molecule has 0 atom stereocenters. The van der Waals surface area contributed by atoms with Crippen LogP contribution in [-0.4, -0.2) is 9.97 Å². The van der Waals surface area contributed by atoms with Gasteiger partial charge in [0.2, 0.25) is 0 Å². The Labute approximate surface area is 204 Å². The molecule has 3 heteroatoms. The molecule has 1 heterocycles. The predicted octanol–water partition coefficient (Wildman–Crippen LogP) is 8.41. The third-order valence-electron chi connectivity index (χ3n) is 6.78.